The molecule has 4 nitrogen and oxygen atoms in total. The minimum absolute atomic E-state index is 0.0308. The number of carbonyl (C=O) groups is 1. The number of nitrogens with two attached hydrogens (primary N) is 1. The predicted octanol–water partition coefficient (Wildman–Crippen LogP) is 1.26. The van der Waals surface area contributed by atoms with Crippen molar-refractivity contribution in [3.63, 3.8) is 0 Å². The topological polar surface area (TPSA) is 59.2 Å². The van der Waals surface area contributed by atoms with Crippen molar-refractivity contribution in [2.75, 3.05) is 19.6 Å². The molecule has 0 aliphatic rings. The van der Waals surface area contributed by atoms with Gasteiger partial charge in [0.25, 0.3) is 5.91 Å². The summed E-state index contributed by atoms with van der Waals surface area (Å²) in [4.78, 5) is 17.6. The standard InChI is InChI=1S/C10H14BrN3O/c1-2-14(4-3-12)10(15)8-5-9(11)7-13-6-8/h5-7H,2-4,12H2,1H3. The Morgan fingerprint density at radius 3 is 2.87 bits per heavy atom. The van der Waals surface area contributed by atoms with Crippen LogP contribution in [-0.2, 0) is 0 Å². The Morgan fingerprint density at radius 2 is 2.33 bits per heavy atom. The van der Waals surface area contributed by atoms with Crippen LogP contribution in [-0.4, -0.2) is 35.4 Å². The summed E-state index contributed by atoms with van der Waals surface area (Å²) in [7, 11) is 0. The number of likely N-dealkylation sites (N-methyl/N-ethyl adjacent to an activating group) is 1. The highest BCUT2D eigenvalue weighted by Gasteiger charge is 2.13. The van der Waals surface area contributed by atoms with Gasteiger partial charge < -0.3 is 10.6 Å². The molecule has 0 saturated carbocycles. The minimum atomic E-state index is -0.0308. The second-order valence-electron chi connectivity index (χ2n) is 3.07. The van der Waals surface area contributed by atoms with Crippen LogP contribution in [0.4, 0.5) is 0 Å². The van der Waals surface area contributed by atoms with Gasteiger partial charge in [0.05, 0.1) is 5.56 Å². The number of hydrogen-bond acceptors (Lipinski definition) is 3. The number of halogens is 1. The van der Waals surface area contributed by atoms with Crippen LogP contribution < -0.4 is 5.73 Å². The average Bonchev–Trinajstić information content (AvgIpc) is 2.25. The summed E-state index contributed by atoms with van der Waals surface area (Å²) >= 11 is 3.28. The quantitative estimate of drug-likeness (QED) is 0.897. The lowest BCUT2D eigenvalue weighted by atomic mass is 10.2. The summed E-state index contributed by atoms with van der Waals surface area (Å²) in [5.74, 6) is -0.0308. The highest BCUT2D eigenvalue weighted by atomic mass is 79.9. The summed E-state index contributed by atoms with van der Waals surface area (Å²) in [6, 6.07) is 1.76. The maximum atomic E-state index is 11.9. The monoisotopic (exact) mass is 271 g/mol. The minimum Gasteiger partial charge on any atom is -0.338 e. The summed E-state index contributed by atoms with van der Waals surface area (Å²) in [6.07, 6.45) is 3.21. The Labute approximate surface area is 97.6 Å². The van der Waals surface area contributed by atoms with Crippen molar-refractivity contribution in [1.82, 2.24) is 9.88 Å². The second-order valence-corrected chi connectivity index (χ2v) is 3.98. The van der Waals surface area contributed by atoms with Crippen LogP contribution in [0.3, 0.4) is 0 Å². The van der Waals surface area contributed by atoms with E-state index in [1.54, 1.807) is 23.4 Å². The fourth-order valence-electron chi connectivity index (χ4n) is 1.27. The molecule has 0 bridgehead atoms. The molecule has 5 heteroatoms. The average molecular weight is 272 g/mol. The van der Waals surface area contributed by atoms with Gasteiger partial charge in [-0.1, -0.05) is 0 Å². The van der Waals surface area contributed by atoms with Gasteiger partial charge in [-0.05, 0) is 28.9 Å². The van der Waals surface area contributed by atoms with Crippen molar-refractivity contribution >= 4 is 21.8 Å². The maximum Gasteiger partial charge on any atom is 0.255 e. The van der Waals surface area contributed by atoms with E-state index in [1.807, 2.05) is 6.92 Å². The first-order chi connectivity index (χ1) is 7.19. The van der Waals surface area contributed by atoms with E-state index >= 15 is 0 Å². The molecular formula is C10H14BrN3O. The van der Waals surface area contributed by atoms with E-state index in [2.05, 4.69) is 20.9 Å². The molecule has 1 aromatic rings. The molecule has 0 aliphatic carbocycles. The van der Waals surface area contributed by atoms with Crippen LogP contribution in [0, 0.1) is 0 Å². The van der Waals surface area contributed by atoms with Crippen LogP contribution in [0.15, 0.2) is 22.9 Å². The Morgan fingerprint density at radius 1 is 1.60 bits per heavy atom. The molecule has 1 rings (SSSR count). The van der Waals surface area contributed by atoms with E-state index in [1.165, 1.54) is 0 Å². The zero-order chi connectivity index (χ0) is 11.3. The lowest BCUT2D eigenvalue weighted by Crippen LogP contribution is -2.35. The summed E-state index contributed by atoms with van der Waals surface area (Å²) < 4.78 is 0.803. The van der Waals surface area contributed by atoms with Crippen molar-refractivity contribution in [1.29, 1.82) is 0 Å². The number of amides is 1. The van der Waals surface area contributed by atoms with Gasteiger partial charge in [-0.15, -0.1) is 0 Å². The first-order valence-electron chi connectivity index (χ1n) is 4.79. The Balaban J connectivity index is 2.82. The molecule has 82 valence electrons. The van der Waals surface area contributed by atoms with Gasteiger partial charge in [0, 0.05) is 36.5 Å². The van der Waals surface area contributed by atoms with E-state index in [0.717, 1.165) is 4.47 Å². The number of rotatable bonds is 4. The fourth-order valence-corrected chi connectivity index (χ4v) is 1.64. The summed E-state index contributed by atoms with van der Waals surface area (Å²) in [6.45, 7) is 3.63. The van der Waals surface area contributed by atoms with Crippen LogP contribution in [0.25, 0.3) is 0 Å². The number of pyridine rings is 1. The SMILES string of the molecule is CCN(CCN)C(=O)c1cncc(Br)c1. The largest absolute Gasteiger partial charge is 0.338 e. The van der Waals surface area contributed by atoms with Crippen LogP contribution in [0.5, 0.6) is 0 Å². The Kier molecular flexibility index (Phi) is 4.71. The smallest absolute Gasteiger partial charge is 0.255 e. The van der Waals surface area contributed by atoms with Gasteiger partial charge in [0.15, 0.2) is 0 Å². The molecule has 0 fully saturated rings. The van der Waals surface area contributed by atoms with Crippen LogP contribution in [0.2, 0.25) is 0 Å². The normalized spacial score (nSPS) is 10.1. The Hall–Kier alpha value is -0.940. The third-order valence-corrected chi connectivity index (χ3v) is 2.45. The van der Waals surface area contributed by atoms with Gasteiger partial charge in [-0.3, -0.25) is 9.78 Å². The molecule has 0 aromatic carbocycles. The van der Waals surface area contributed by atoms with Crippen LogP contribution >= 0.6 is 15.9 Å². The van der Waals surface area contributed by atoms with E-state index in [4.69, 9.17) is 5.73 Å². The van der Waals surface area contributed by atoms with Gasteiger partial charge in [0.1, 0.15) is 0 Å². The van der Waals surface area contributed by atoms with Crippen molar-refractivity contribution in [2.45, 2.75) is 6.92 Å². The Bertz CT molecular complexity index is 343. The number of nitrogens with zero attached hydrogens (tertiary/aromatic N) is 2. The van der Waals surface area contributed by atoms with E-state index in [-0.39, 0.29) is 5.91 Å². The number of carbonyl (C=O) groups excluding carboxylic acids is 1. The van der Waals surface area contributed by atoms with E-state index in [9.17, 15) is 4.79 Å². The van der Waals surface area contributed by atoms with Crippen molar-refractivity contribution in [2.24, 2.45) is 5.73 Å². The van der Waals surface area contributed by atoms with Gasteiger partial charge in [0.2, 0.25) is 0 Å². The molecule has 1 aromatic heterocycles. The zero-order valence-corrected chi connectivity index (χ0v) is 10.2. The van der Waals surface area contributed by atoms with Gasteiger partial charge in [-0.2, -0.15) is 0 Å². The number of aromatic nitrogens is 1. The number of hydrogen-bond donors (Lipinski definition) is 1. The molecule has 2 N–H and O–H groups in total. The molecule has 0 spiro atoms. The van der Waals surface area contributed by atoms with E-state index in [0.29, 0.717) is 25.2 Å². The first-order valence-corrected chi connectivity index (χ1v) is 5.58. The molecule has 1 heterocycles. The first kappa shape index (κ1) is 12.1. The molecular weight excluding hydrogens is 258 g/mol. The molecule has 0 atom stereocenters. The molecule has 1 amide bonds. The highest BCUT2D eigenvalue weighted by Crippen LogP contribution is 2.11. The molecule has 0 unspecified atom stereocenters. The summed E-state index contributed by atoms with van der Waals surface area (Å²) in [5.41, 5.74) is 6.02. The van der Waals surface area contributed by atoms with Crippen molar-refractivity contribution in [3.8, 4) is 0 Å². The van der Waals surface area contributed by atoms with E-state index < -0.39 is 0 Å². The van der Waals surface area contributed by atoms with Crippen molar-refractivity contribution in [3.05, 3.63) is 28.5 Å². The van der Waals surface area contributed by atoms with Crippen molar-refractivity contribution < 1.29 is 4.79 Å². The fraction of sp³-hybridized carbons (Fsp3) is 0.400. The lowest BCUT2D eigenvalue weighted by molar-refractivity contribution is 0.0768. The lowest BCUT2D eigenvalue weighted by Gasteiger charge is -2.19. The van der Waals surface area contributed by atoms with Crippen LogP contribution in [0.1, 0.15) is 17.3 Å². The third-order valence-electron chi connectivity index (χ3n) is 2.02. The molecule has 0 radical (unpaired) electrons. The van der Waals surface area contributed by atoms with Gasteiger partial charge in [-0.25, -0.2) is 0 Å². The molecule has 15 heavy (non-hydrogen) atoms. The molecule has 0 aliphatic heterocycles. The third kappa shape index (κ3) is 3.28. The zero-order valence-electron chi connectivity index (χ0n) is 8.61. The highest BCUT2D eigenvalue weighted by molar-refractivity contribution is 9.10. The second kappa shape index (κ2) is 5.82. The predicted molar refractivity (Wildman–Crippen MR) is 62.6 cm³/mol. The molecule has 0 saturated heterocycles. The maximum absolute atomic E-state index is 11.9. The van der Waals surface area contributed by atoms with Gasteiger partial charge >= 0.3 is 0 Å². The summed E-state index contributed by atoms with van der Waals surface area (Å²) in [5, 5.41) is 0.